The minimum absolute atomic E-state index is 0.446. The van der Waals surface area contributed by atoms with Gasteiger partial charge in [-0.3, -0.25) is 0 Å². The zero-order valence-electron chi connectivity index (χ0n) is 8.39. The molecule has 1 N–H and O–H groups in total. The van der Waals surface area contributed by atoms with Gasteiger partial charge in [-0.2, -0.15) is 0 Å². The van der Waals surface area contributed by atoms with Crippen LogP contribution < -0.4 is 0 Å². The normalized spacial score (nSPS) is 17.6. The second-order valence-electron chi connectivity index (χ2n) is 4.14. The summed E-state index contributed by atoms with van der Waals surface area (Å²) in [6.07, 6.45) is 4.92. The summed E-state index contributed by atoms with van der Waals surface area (Å²) in [5.74, 6) is 0.966. The Morgan fingerprint density at radius 3 is 2.57 bits per heavy atom. The molecule has 0 amide bonds. The van der Waals surface area contributed by atoms with Crippen LogP contribution in [0, 0.1) is 6.92 Å². The smallest absolute Gasteiger partial charge is 0.122 e. The zero-order chi connectivity index (χ0) is 10.1. The van der Waals surface area contributed by atoms with E-state index in [9.17, 15) is 5.11 Å². The summed E-state index contributed by atoms with van der Waals surface area (Å²) in [5.41, 5.74) is 1.94. The van der Waals surface area contributed by atoms with Gasteiger partial charge in [0.15, 0.2) is 0 Å². The fourth-order valence-electron chi connectivity index (χ4n) is 2.31. The molecule has 0 bridgehead atoms. The summed E-state index contributed by atoms with van der Waals surface area (Å²) in [6.45, 7) is 1.90. The molecule has 1 aromatic carbocycles. The van der Waals surface area contributed by atoms with Crippen LogP contribution in [0.5, 0.6) is 5.75 Å². The van der Waals surface area contributed by atoms with Crippen LogP contribution in [0.15, 0.2) is 12.1 Å². The quantitative estimate of drug-likeness (QED) is 0.743. The lowest BCUT2D eigenvalue weighted by Crippen LogP contribution is -1.94. The van der Waals surface area contributed by atoms with Gasteiger partial charge < -0.3 is 5.11 Å². The molecule has 1 fully saturated rings. The first kappa shape index (κ1) is 9.85. The van der Waals surface area contributed by atoms with E-state index in [0.29, 0.717) is 11.7 Å². The third kappa shape index (κ3) is 1.74. The number of phenolic OH excluding ortho intramolecular Hbond substituents is 1. The van der Waals surface area contributed by atoms with Gasteiger partial charge in [-0.1, -0.05) is 24.4 Å². The molecular formula is C12H15ClO. The van der Waals surface area contributed by atoms with Gasteiger partial charge in [0.25, 0.3) is 0 Å². The average molecular weight is 211 g/mol. The Morgan fingerprint density at radius 2 is 1.93 bits per heavy atom. The first-order valence-electron chi connectivity index (χ1n) is 5.17. The summed E-state index contributed by atoms with van der Waals surface area (Å²) >= 11 is 5.99. The van der Waals surface area contributed by atoms with Crippen molar-refractivity contribution in [2.45, 2.75) is 38.5 Å². The number of aromatic hydroxyl groups is 1. The molecule has 0 atom stereocenters. The molecule has 0 aliphatic heterocycles. The largest absolute Gasteiger partial charge is 0.507 e. The Bertz CT molecular complexity index is 340. The van der Waals surface area contributed by atoms with Gasteiger partial charge >= 0.3 is 0 Å². The summed E-state index contributed by atoms with van der Waals surface area (Å²) in [4.78, 5) is 0. The first-order chi connectivity index (χ1) is 6.68. The third-order valence-corrected chi connectivity index (χ3v) is 3.31. The molecule has 0 aromatic heterocycles. The highest BCUT2D eigenvalue weighted by molar-refractivity contribution is 6.30. The molecule has 1 aliphatic carbocycles. The van der Waals surface area contributed by atoms with E-state index in [0.717, 1.165) is 16.1 Å². The summed E-state index contributed by atoms with van der Waals surface area (Å²) in [7, 11) is 0. The van der Waals surface area contributed by atoms with Crippen molar-refractivity contribution in [3.8, 4) is 5.75 Å². The molecule has 76 valence electrons. The van der Waals surface area contributed by atoms with Crippen LogP contribution >= 0.6 is 11.6 Å². The Morgan fingerprint density at radius 1 is 1.29 bits per heavy atom. The lowest BCUT2D eigenvalue weighted by Gasteiger charge is -2.13. The van der Waals surface area contributed by atoms with Crippen molar-refractivity contribution in [1.29, 1.82) is 0 Å². The molecule has 0 spiro atoms. The fourth-order valence-corrected chi connectivity index (χ4v) is 2.59. The van der Waals surface area contributed by atoms with Gasteiger partial charge in [0.2, 0.25) is 0 Å². The number of halogens is 1. The zero-order valence-corrected chi connectivity index (χ0v) is 9.14. The highest BCUT2D eigenvalue weighted by atomic mass is 35.5. The number of aryl methyl sites for hydroxylation is 1. The van der Waals surface area contributed by atoms with E-state index in [4.69, 9.17) is 11.6 Å². The lowest BCUT2D eigenvalue weighted by atomic mass is 9.95. The standard InChI is InChI=1S/C12H15ClO/c1-8-6-10(13)7-11(12(8)14)9-4-2-3-5-9/h6-7,9,14H,2-5H2,1H3. The minimum atomic E-state index is 0.446. The number of phenols is 1. The van der Waals surface area contributed by atoms with Crippen molar-refractivity contribution in [1.82, 2.24) is 0 Å². The van der Waals surface area contributed by atoms with E-state index >= 15 is 0 Å². The third-order valence-electron chi connectivity index (χ3n) is 3.09. The number of rotatable bonds is 1. The molecule has 1 nitrogen and oxygen atoms in total. The highest BCUT2D eigenvalue weighted by Gasteiger charge is 2.21. The van der Waals surface area contributed by atoms with E-state index < -0.39 is 0 Å². The average Bonchev–Trinajstić information content (AvgIpc) is 2.63. The number of benzene rings is 1. The number of hydrogen-bond acceptors (Lipinski definition) is 1. The Labute approximate surface area is 89.7 Å². The maximum atomic E-state index is 9.92. The summed E-state index contributed by atoms with van der Waals surface area (Å²) in [6, 6.07) is 3.73. The van der Waals surface area contributed by atoms with Crippen LogP contribution in [-0.4, -0.2) is 5.11 Å². The Kier molecular flexibility index (Phi) is 2.69. The van der Waals surface area contributed by atoms with Crippen LogP contribution in [-0.2, 0) is 0 Å². The summed E-state index contributed by atoms with van der Waals surface area (Å²) < 4.78 is 0. The molecule has 14 heavy (non-hydrogen) atoms. The van der Waals surface area contributed by atoms with E-state index in [1.54, 1.807) is 0 Å². The van der Waals surface area contributed by atoms with E-state index in [1.807, 2.05) is 19.1 Å². The molecule has 0 saturated heterocycles. The topological polar surface area (TPSA) is 20.2 Å². The second kappa shape index (κ2) is 3.82. The monoisotopic (exact) mass is 210 g/mol. The highest BCUT2D eigenvalue weighted by Crippen LogP contribution is 2.40. The molecule has 2 heteroatoms. The van der Waals surface area contributed by atoms with Gasteiger partial charge in [-0.15, -0.1) is 0 Å². The molecule has 0 radical (unpaired) electrons. The van der Waals surface area contributed by atoms with Crippen molar-refractivity contribution in [3.63, 3.8) is 0 Å². The van der Waals surface area contributed by atoms with Crippen molar-refractivity contribution < 1.29 is 5.11 Å². The second-order valence-corrected chi connectivity index (χ2v) is 4.58. The van der Waals surface area contributed by atoms with Gasteiger partial charge in [-0.05, 0) is 48.9 Å². The molecule has 2 rings (SSSR count). The molecule has 1 aromatic rings. The maximum Gasteiger partial charge on any atom is 0.122 e. The Hall–Kier alpha value is -0.690. The van der Waals surface area contributed by atoms with E-state index in [-0.39, 0.29) is 0 Å². The molecule has 1 saturated carbocycles. The van der Waals surface area contributed by atoms with Crippen molar-refractivity contribution in [3.05, 3.63) is 28.3 Å². The molecule has 0 unspecified atom stereocenters. The van der Waals surface area contributed by atoms with E-state index in [2.05, 4.69) is 0 Å². The van der Waals surface area contributed by atoms with Crippen molar-refractivity contribution >= 4 is 11.6 Å². The van der Waals surface area contributed by atoms with Crippen LogP contribution in [0.4, 0.5) is 0 Å². The predicted molar refractivity (Wildman–Crippen MR) is 59.1 cm³/mol. The lowest BCUT2D eigenvalue weighted by molar-refractivity contribution is 0.457. The minimum Gasteiger partial charge on any atom is -0.507 e. The van der Waals surface area contributed by atoms with E-state index in [1.165, 1.54) is 25.7 Å². The van der Waals surface area contributed by atoms with Crippen molar-refractivity contribution in [2.75, 3.05) is 0 Å². The maximum absolute atomic E-state index is 9.92. The van der Waals surface area contributed by atoms with Crippen LogP contribution in [0.1, 0.15) is 42.7 Å². The van der Waals surface area contributed by atoms with Gasteiger partial charge in [-0.25, -0.2) is 0 Å². The van der Waals surface area contributed by atoms with Crippen LogP contribution in [0.25, 0.3) is 0 Å². The summed E-state index contributed by atoms with van der Waals surface area (Å²) in [5, 5.41) is 10.7. The number of hydrogen-bond donors (Lipinski definition) is 1. The van der Waals surface area contributed by atoms with Gasteiger partial charge in [0.05, 0.1) is 0 Å². The van der Waals surface area contributed by atoms with Crippen LogP contribution in [0.3, 0.4) is 0 Å². The first-order valence-corrected chi connectivity index (χ1v) is 5.55. The fraction of sp³-hybridized carbons (Fsp3) is 0.500. The van der Waals surface area contributed by atoms with Crippen molar-refractivity contribution in [2.24, 2.45) is 0 Å². The van der Waals surface area contributed by atoms with Gasteiger partial charge in [0.1, 0.15) is 5.75 Å². The van der Waals surface area contributed by atoms with Gasteiger partial charge in [0, 0.05) is 5.02 Å². The Balaban J connectivity index is 2.40. The SMILES string of the molecule is Cc1cc(Cl)cc(C2CCCC2)c1O. The van der Waals surface area contributed by atoms with Crippen LogP contribution in [0.2, 0.25) is 5.02 Å². The predicted octanol–water partition coefficient (Wildman–Crippen LogP) is 4.01. The molecule has 1 aliphatic rings. The molecule has 0 heterocycles. The molecular weight excluding hydrogens is 196 g/mol.